The van der Waals surface area contributed by atoms with Gasteiger partial charge in [-0.05, 0) is 25.5 Å². The zero-order valence-corrected chi connectivity index (χ0v) is 7.97. The highest BCUT2D eigenvalue weighted by Gasteiger charge is 2.12. The minimum atomic E-state index is -0.142. The fourth-order valence-electron chi connectivity index (χ4n) is 1.35. The average molecular weight is 182 g/mol. The van der Waals surface area contributed by atoms with Crippen molar-refractivity contribution in [2.24, 2.45) is 5.92 Å². The van der Waals surface area contributed by atoms with Crippen LogP contribution in [0, 0.1) is 5.92 Å². The van der Waals surface area contributed by atoms with Crippen LogP contribution < -0.4 is 10.9 Å². The van der Waals surface area contributed by atoms with Crippen LogP contribution in [0.5, 0.6) is 0 Å². The molecule has 1 unspecified atom stereocenters. The Morgan fingerprint density at radius 3 is 2.92 bits per heavy atom. The molecule has 1 atom stereocenters. The Kier molecular flexibility index (Phi) is 3.71. The van der Waals surface area contributed by atoms with E-state index >= 15 is 0 Å². The summed E-state index contributed by atoms with van der Waals surface area (Å²) >= 11 is 0. The van der Waals surface area contributed by atoms with E-state index in [9.17, 15) is 4.39 Å². The van der Waals surface area contributed by atoms with Gasteiger partial charge >= 0.3 is 0 Å². The number of allylic oxidation sites excluding steroid dienone is 5. The van der Waals surface area contributed by atoms with Crippen molar-refractivity contribution in [2.45, 2.75) is 13.3 Å². The quantitative estimate of drug-likeness (QED) is 0.653. The molecule has 13 heavy (non-hydrogen) atoms. The van der Waals surface area contributed by atoms with Gasteiger partial charge in [-0.2, -0.15) is 0 Å². The summed E-state index contributed by atoms with van der Waals surface area (Å²) in [6.45, 7) is 1.96. The fourth-order valence-corrected chi connectivity index (χ4v) is 1.35. The van der Waals surface area contributed by atoms with Gasteiger partial charge in [0.05, 0.1) is 0 Å². The van der Waals surface area contributed by atoms with E-state index in [0.29, 0.717) is 0 Å². The Hall–Kier alpha value is -1.09. The summed E-state index contributed by atoms with van der Waals surface area (Å²) in [5.41, 5.74) is 6.96. The first-order chi connectivity index (χ1) is 6.27. The highest BCUT2D eigenvalue weighted by molar-refractivity contribution is 5.23. The third-order valence-corrected chi connectivity index (χ3v) is 2.03. The van der Waals surface area contributed by atoms with Gasteiger partial charge in [-0.1, -0.05) is 12.2 Å². The van der Waals surface area contributed by atoms with E-state index in [4.69, 9.17) is 0 Å². The van der Waals surface area contributed by atoms with Gasteiger partial charge in [0.25, 0.3) is 0 Å². The van der Waals surface area contributed by atoms with Crippen LogP contribution in [0.15, 0.2) is 35.8 Å². The van der Waals surface area contributed by atoms with Crippen LogP contribution in [0.1, 0.15) is 13.3 Å². The van der Waals surface area contributed by atoms with E-state index in [1.165, 1.54) is 6.08 Å². The lowest BCUT2D eigenvalue weighted by Gasteiger charge is -2.18. The fraction of sp³-hybridized carbons (Fsp3) is 0.400. The predicted octanol–water partition coefficient (Wildman–Crippen LogP) is 2.04. The second kappa shape index (κ2) is 4.82. The lowest BCUT2D eigenvalue weighted by Crippen LogP contribution is -2.30. The van der Waals surface area contributed by atoms with Crippen LogP contribution in [-0.4, -0.2) is 7.05 Å². The van der Waals surface area contributed by atoms with E-state index in [-0.39, 0.29) is 11.7 Å². The molecule has 0 aromatic rings. The summed E-state index contributed by atoms with van der Waals surface area (Å²) < 4.78 is 12.6. The summed E-state index contributed by atoms with van der Waals surface area (Å²) in [5, 5.41) is 0. The highest BCUT2D eigenvalue weighted by atomic mass is 19.1. The van der Waals surface area contributed by atoms with E-state index < -0.39 is 0 Å². The molecular weight excluding hydrogens is 167 g/mol. The molecule has 0 aliphatic heterocycles. The zero-order chi connectivity index (χ0) is 9.68. The van der Waals surface area contributed by atoms with Crippen molar-refractivity contribution in [3.05, 3.63) is 35.8 Å². The van der Waals surface area contributed by atoms with E-state index in [1.54, 1.807) is 6.08 Å². The summed E-state index contributed by atoms with van der Waals surface area (Å²) in [7, 11) is 1.81. The SMILES string of the molecule is C/C=C(\NNC)C1C=CC(F)=CC1. The molecule has 0 aromatic carbocycles. The van der Waals surface area contributed by atoms with Gasteiger partial charge in [-0.3, -0.25) is 0 Å². The molecule has 0 saturated carbocycles. The molecule has 72 valence electrons. The number of hydrogen-bond acceptors (Lipinski definition) is 2. The summed E-state index contributed by atoms with van der Waals surface area (Å²) in [6.07, 6.45) is 7.69. The molecule has 0 saturated heterocycles. The number of hydrogen-bond donors (Lipinski definition) is 2. The van der Waals surface area contributed by atoms with Crippen LogP contribution in [-0.2, 0) is 0 Å². The molecule has 2 N–H and O–H groups in total. The molecule has 0 aromatic heterocycles. The lowest BCUT2D eigenvalue weighted by molar-refractivity contribution is 0.577. The van der Waals surface area contributed by atoms with Gasteiger partial charge in [0, 0.05) is 18.7 Å². The second-order valence-corrected chi connectivity index (χ2v) is 2.91. The van der Waals surface area contributed by atoms with Gasteiger partial charge in [0.2, 0.25) is 0 Å². The van der Waals surface area contributed by atoms with Crippen LogP contribution in [0.2, 0.25) is 0 Å². The van der Waals surface area contributed by atoms with Crippen molar-refractivity contribution in [1.82, 2.24) is 10.9 Å². The molecule has 2 nitrogen and oxygen atoms in total. The molecule has 1 rings (SSSR count). The number of halogens is 1. The Morgan fingerprint density at radius 2 is 2.46 bits per heavy atom. The highest BCUT2D eigenvalue weighted by Crippen LogP contribution is 2.21. The van der Waals surface area contributed by atoms with E-state index in [2.05, 4.69) is 10.9 Å². The molecule has 0 fully saturated rings. The van der Waals surface area contributed by atoms with Gasteiger partial charge < -0.3 is 5.43 Å². The minimum Gasteiger partial charge on any atom is -0.326 e. The van der Waals surface area contributed by atoms with Crippen LogP contribution in [0.4, 0.5) is 4.39 Å². The standard InChI is InChI=1S/C10H15FN2/c1-3-10(13-12-2)8-4-6-9(11)7-5-8/h3-4,6-8,12-13H,5H2,1-2H3/b10-3-. The lowest BCUT2D eigenvalue weighted by atomic mass is 9.97. The molecule has 1 aliphatic carbocycles. The molecular formula is C10H15FN2. The third kappa shape index (κ3) is 2.70. The maximum absolute atomic E-state index is 12.6. The summed E-state index contributed by atoms with van der Waals surface area (Å²) in [6, 6.07) is 0. The molecule has 1 aliphatic rings. The van der Waals surface area contributed by atoms with Crippen LogP contribution >= 0.6 is 0 Å². The zero-order valence-electron chi connectivity index (χ0n) is 7.97. The van der Waals surface area contributed by atoms with E-state index in [1.807, 2.05) is 26.1 Å². The van der Waals surface area contributed by atoms with Gasteiger partial charge in [-0.25, -0.2) is 9.82 Å². The Labute approximate surface area is 78.2 Å². The Morgan fingerprint density at radius 1 is 1.69 bits per heavy atom. The van der Waals surface area contributed by atoms with Crippen molar-refractivity contribution in [3.8, 4) is 0 Å². The summed E-state index contributed by atoms with van der Waals surface area (Å²) in [4.78, 5) is 0. The molecule has 0 bridgehead atoms. The molecule has 3 heteroatoms. The molecule has 0 spiro atoms. The largest absolute Gasteiger partial charge is 0.326 e. The number of hydrazine groups is 1. The second-order valence-electron chi connectivity index (χ2n) is 2.91. The van der Waals surface area contributed by atoms with Crippen molar-refractivity contribution < 1.29 is 4.39 Å². The van der Waals surface area contributed by atoms with Crippen LogP contribution in [0.3, 0.4) is 0 Å². The van der Waals surface area contributed by atoms with Crippen molar-refractivity contribution in [3.63, 3.8) is 0 Å². The first-order valence-electron chi connectivity index (χ1n) is 4.40. The summed E-state index contributed by atoms with van der Waals surface area (Å²) in [5.74, 6) is 0.119. The topological polar surface area (TPSA) is 24.1 Å². The molecule has 0 radical (unpaired) electrons. The Balaban J connectivity index is 2.59. The van der Waals surface area contributed by atoms with Crippen molar-refractivity contribution in [1.29, 1.82) is 0 Å². The smallest absolute Gasteiger partial charge is 0.118 e. The number of nitrogens with one attached hydrogen (secondary N) is 2. The van der Waals surface area contributed by atoms with Crippen LogP contribution in [0.25, 0.3) is 0 Å². The molecule has 0 heterocycles. The van der Waals surface area contributed by atoms with Crippen molar-refractivity contribution in [2.75, 3.05) is 7.05 Å². The third-order valence-electron chi connectivity index (χ3n) is 2.03. The maximum atomic E-state index is 12.6. The number of rotatable bonds is 3. The monoisotopic (exact) mass is 182 g/mol. The van der Waals surface area contributed by atoms with Gasteiger partial charge in [-0.15, -0.1) is 0 Å². The normalized spacial score (nSPS) is 22.8. The predicted molar refractivity (Wildman–Crippen MR) is 52.4 cm³/mol. The first-order valence-corrected chi connectivity index (χ1v) is 4.40. The van der Waals surface area contributed by atoms with Gasteiger partial charge in [0.15, 0.2) is 0 Å². The first kappa shape index (κ1) is 9.99. The van der Waals surface area contributed by atoms with E-state index in [0.717, 1.165) is 12.1 Å². The average Bonchev–Trinajstić information content (AvgIpc) is 2.16. The van der Waals surface area contributed by atoms with Gasteiger partial charge in [0.1, 0.15) is 5.83 Å². The Bertz CT molecular complexity index is 254. The minimum absolute atomic E-state index is 0.142. The van der Waals surface area contributed by atoms with Crippen molar-refractivity contribution >= 4 is 0 Å². The maximum Gasteiger partial charge on any atom is 0.118 e. The molecule has 0 amide bonds.